The molecule has 1 aromatic carbocycles. The number of aliphatic hydroxyl groups excluding tert-OH is 1. The molecule has 0 aliphatic carbocycles. The lowest BCUT2D eigenvalue weighted by Gasteiger charge is -2.16. The smallest absolute Gasteiger partial charge is 0.119 e. The predicted molar refractivity (Wildman–Crippen MR) is 86.1 cm³/mol. The van der Waals surface area contributed by atoms with E-state index in [9.17, 15) is 5.11 Å². The summed E-state index contributed by atoms with van der Waals surface area (Å²) in [7, 11) is 0. The molecule has 2 rings (SSSR count). The van der Waals surface area contributed by atoms with Gasteiger partial charge in [0.2, 0.25) is 0 Å². The van der Waals surface area contributed by atoms with E-state index in [2.05, 4.69) is 10.2 Å². The second kappa shape index (κ2) is 9.26. The maximum atomic E-state index is 9.85. The van der Waals surface area contributed by atoms with Gasteiger partial charge in [-0.25, -0.2) is 0 Å². The fraction of sp³-hybridized carbons (Fsp3) is 0.625. The van der Waals surface area contributed by atoms with Crippen molar-refractivity contribution < 1.29 is 9.84 Å². The summed E-state index contributed by atoms with van der Waals surface area (Å²) in [6, 6.07) is 7.16. The molecule has 2 N–H and O–H groups in total. The van der Waals surface area contributed by atoms with E-state index in [4.69, 9.17) is 16.3 Å². The van der Waals surface area contributed by atoms with Crippen LogP contribution in [0.5, 0.6) is 5.75 Å². The van der Waals surface area contributed by atoms with Crippen LogP contribution in [0.2, 0.25) is 5.02 Å². The Balaban J connectivity index is 1.49. The zero-order valence-corrected chi connectivity index (χ0v) is 13.2. The maximum absolute atomic E-state index is 9.85. The fourth-order valence-electron chi connectivity index (χ4n) is 2.48. The molecule has 1 atom stereocenters. The van der Waals surface area contributed by atoms with Gasteiger partial charge in [0, 0.05) is 11.6 Å². The monoisotopic (exact) mass is 312 g/mol. The van der Waals surface area contributed by atoms with Crippen molar-refractivity contribution in [1.29, 1.82) is 0 Å². The zero-order valence-electron chi connectivity index (χ0n) is 12.4. The summed E-state index contributed by atoms with van der Waals surface area (Å²) in [4.78, 5) is 2.50. The largest absolute Gasteiger partial charge is 0.491 e. The minimum absolute atomic E-state index is 0.292. The number of hydrogen-bond donors (Lipinski definition) is 2. The molecule has 1 aromatic rings. The van der Waals surface area contributed by atoms with E-state index in [1.807, 2.05) is 0 Å². The number of rotatable bonds is 9. The lowest BCUT2D eigenvalue weighted by Crippen LogP contribution is -2.33. The fourth-order valence-corrected chi connectivity index (χ4v) is 2.61. The number of benzene rings is 1. The van der Waals surface area contributed by atoms with Crippen LogP contribution in [-0.4, -0.2) is 55.4 Å². The van der Waals surface area contributed by atoms with Crippen LogP contribution in [0.1, 0.15) is 19.3 Å². The lowest BCUT2D eigenvalue weighted by molar-refractivity contribution is 0.106. The Morgan fingerprint density at radius 2 is 1.95 bits per heavy atom. The van der Waals surface area contributed by atoms with Crippen molar-refractivity contribution in [1.82, 2.24) is 10.2 Å². The summed E-state index contributed by atoms with van der Waals surface area (Å²) < 4.78 is 5.50. The third-order valence-corrected chi connectivity index (χ3v) is 3.91. The van der Waals surface area contributed by atoms with E-state index in [1.54, 1.807) is 24.3 Å². The minimum atomic E-state index is -0.493. The van der Waals surface area contributed by atoms with Gasteiger partial charge in [0.1, 0.15) is 18.5 Å². The van der Waals surface area contributed by atoms with Gasteiger partial charge in [0.25, 0.3) is 0 Å². The first-order valence-electron chi connectivity index (χ1n) is 7.73. The molecule has 1 saturated heterocycles. The number of halogens is 1. The van der Waals surface area contributed by atoms with E-state index in [1.165, 1.54) is 25.9 Å². The second-order valence-corrected chi connectivity index (χ2v) is 5.96. The molecule has 0 aromatic heterocycles. The van der Waals surface area contributed by atoms with Gasteiger partial charge in [0.05, 0.1) is 0 Å². The molecular formula is C16H25ClN2O2. The van der Waals surface area contributed by atoms with Gasteiger partial charge in [-0.1, -0.05) is 11.6 Å². The third-order valence-electron chi connectivity index (χ3n) is 3.66. The normalized spacial score (nSPS) is 17.0. The molecule has 0 saturated carbocycles. The summed E-state index contributed by atoms with van der Waals surface area (Å²) >= 11 is 5.80. The van der Waals surface area contributed by atoms with Crippen molar-refractivity contribution in [3.63, 3.8) is 0 Å². The molecule has 1 fully saturated rings. The Morgan fingerprint density at radius 3 is 2.67 bits per heavy atom. The first-order chi connectivity index (χ1) is 10.2. The van der Waals surface area contributed by atoms with Crippen LogP contribution < -0.4 is 10.1 Å². The number of nitrogens with one attached hydrogen (secondary N) is 1. The van der Waals surface area contributed by atoms with Crippen LogP contribution in [0.15, 0.2) is 24.3 Å². The Bertz CT molecular complexity index is 394. The van der Waals surface area contributed by atoms with Crippen molar-refractivity contribution in [2.45, 2.75) is 25.4 Å². The topological polar surface area (TPSA) is 44.7 Å². The van der Waals surface area contributed by atoms with Crippen molar-refractivity contribution in [3.05, 3.63) is 29.3 Å². The molecule has 1 unspecified atom stereocenters. The molecule has 1 heterocycles. The van der Waals surface area contributed by atoms with E-state index in [0.29, 0.717) is 18.2 Å². The number of nitrogens with zero attached hydrogens (tertiary/aromatic N) is 1. The third kappa shape index (κ3) is 6.66. The van der Waals surface area contributed by atoms with E-state index < -0.39 is 6.10 Å². The average Bonchev–Trinajstić information content (AvgIpc) is 2.99. The highest BCUT2D eigenvalue weighted by atomic mass is 35.5. The van der Waals surface area contributed by atoms with Crippen LogP contribution in [0.25, 0.3) is 0 Å². The Morgan fingerprint density at radius 1 is 1.24 bits per heavy atom. The van der Waals surface area contributed by atoms with Gasteiger partial charge in [-0.2, -0.15) is 0 Å². The molecule has 0 radical (unpaired) electrons. The molecule has 4 nitrogen and oxygen atoms in total. The summed E-state index contributed by atoms with van der Waals surface area (Å²) in [5.41, 5.74) is 0. The minimum Gasteiger partial charge on any atom is -0.491 e. The van der Waals surface area contributed by atoms with Crippen LogP contribution in [0, 0.1) is 0 Å². The quantitative estimate of drug-likeness (QED) is 0.686. The van der Waals surface area contributed by atoms with Crippen molar-refractivity contribution in [2.75, 3.05) is 39.3 Å². The Hall–Kier alpha value is -0.810. The van der Waals surface area contributed by atoms with Crippen LogP contribution in [0.3, 0.4) is 0 Å². The highest BCUT2D eigenvalue weighted by Gasteiger charge is 2.10. The van der Waals surface area contributed by atoms with Gasteiger partial charge in [-0.3, -0.25) is 0 Å². The molecular weight excluding hydrogens is 288 g/mol. The highest BCUT2D eigenvalue weighted by molar-refractivity contribution is 6.30. The number of aliphatic hydroxyl groups is 1. The van der Waals surface area contributed by atoms with Gasteiger partial charge in [-0.05, 0) is 69.7 Å². The molecule has 0 spiro atoms. The standard InChI is InChI=1S/C16H25ClN2O2/c17-14-4-6-16(7-5-14)21-13-15(20)12-18-8-3-11-19-9-1-2-10-19/h4-7,15,18,20H,1-3,8-13H2. The SMILES string of the molecule is OC(CNCCCN1CCCC1)COc1ccc(Cl)cc1. The van der Waals surface area contributed by atoms with Gasteiger partial charge < -0.3 is 20.1 Å². The van der Waals surface area contributed by atoms with E-state index in [-0.39, 0.29) is 0 Å². The van der Waals surface area contributed by atoms with E-state index in [0.717, 1.165) is 25.3 Å². The number of ether oxygens (including phenoxy) is 1. The van der Waals surface area contributed by atoms with Gasteiger partial charge in [0.15, 0.2) is 0 Å². The Labute approximate surface area is 132 Å². The molecule has 21 heavy (non-hydrogen) atoms. The van der Waals surface area contributed by atoms with Crippen molar-refractivity contribution in [2.24, 2.45) is 0 Å². The average molecular weight is 313 g/mol. The van der Waals surface area contributed by atoms with Crippen LogP contribution in [0.4, 0.5) is 0 Å². The van der Waals surface area contributed by atoms with E-state index >= 15 is 0 Å². The first kappa shape index (κ1) is 16.6. The van der Waals surface area contributed by atoms with Crippen molar-refractivity contribution in [3.8, 4) is 5.75 Å². The number of hydrogen-bond acceptors (Lipinski definition) is 4. The number of likely N-dealkylation sites (tertiary alicyclic amines) is 1. The predicted octanol–water partition coefficient (Wildman–Crippen LogP) is 2.16. The molecule has 1 aliphatic rings. The maximum Gasteiger partial charge on any atom is 0.119 e. The summed E-state index contributed by atoms with van der Waals surface area (Å²) in [5.74, 6) is 0.729. The lowest BCUT2D eigenvalue weighted by atomic mass is 10.3. The van der Waals surface area contributed by atoms with Crippen LogP contribution in [-0.2, 0) is 0 Å². The molecule has 5 heteroatoms. The van der Waals surface area contributed by atoms with Crippen molar-refractivity contribution >= 4 is 11.6 Å². The zero-order chi connectivity index (χ0) is 14.9. The molecule has 1 aliphatic heterocycles. The second-order valence-electron chi connectivity index (χ2n) is 5.53. The highest BCUT2D eigenvalue weighted by Crippen LogP contribution is 2.15. The Kier molecular flexibility index (Phi) is 7.30. The summed E-state index contributed by atoms with van der Waals surface area (Å²) in [5, 5.41) is 13.8. The first-order valence-corrected chi connectivity index (χ1v) is 8.11. The van der Waals surface area contributed by atoms with Gasteiger partial charge >= 0.3 is 0 Å². The molecule has 0 bridgehead atoms. The molecule has 0 amide bonds. The molecule has 118 valence electrons. The summed E-state index contributed by atoms with van der Waals surface area (Å²) in [6.07, 6.45) is 3.32. The van der Waals surface area contributed by atoms with Crippen LogP contribution >= 0.6 is 11.6 Å². The van der Waals surface area contributed by atoms with Gasteiger partial charge in [-0.15, -0.1) is 0 Å². The summed E-state index contributed by atoms with van der Waals surface area (Å²) in [6.45, 7) is 5.45.